The zero-order valence-electron chi connectivity index (χ0n) is 28.9. The molecule has 0 saturated heterocycles. The predicted molar refractivity (Wildman–Crippen MR) is 157 cm³/mol. The molecule has 0 radical (unpaired) electrons. The summed E-state index contributed by atoms with van der Waals surface area (Å²) >= 11 is 0. The van der Waals surface area contributed by atoms with Gasteiger partial charge >= 0.3 is 91.9 Å². The number of carbonyl (C=O) groups is 2. The van der Waals surface area contributed by atoms with Crippen LogP contribution in [0.25, 0.3) is 0 Å². The molecule has 0 aromatic heterocycles. The Morgan fingerprint density at radius 2 is 0.690 bits per heavy atom. The van der Waals surface area contributed by atoms with E-state index in [0.29, 0.717) is 12.8 Å². The first-order valence-corrected chi connectivity index (χ1v) is 18.0. The summed E-state index contributed by atoms with van der Waals surface area (Å²) in [6.45, 7) is 4.16. The monoisotopic (exact) mass is 662 g/mol. The van der Waals surface area contributed by atoms with Crippen molar-refractivity contribution in [2.45, 2.75) is 155 Å². The fourth-order valence-corrected chi connectivity index (χ4v) is 5.43. The third kappa shape index (κ3) is 33.6. The molecule has 0 amide bonds. The molecule has 0 fully saturated rings. The van der Waals surface area contributed by atoms with Crippen LogP contribution in [-0.2, 0) is 47.1 Å². The Bertz CT molecular complexity index is 794. The normalized spacial score (nSPS) is 11.4. The maximum Gasteiger partial charge on any atom is 1.00 e. The van der Waals surface area contributed by atoms with Gasteiger partial charge in [-0.15, -0.1) is 0 Å². The molecule has 0 aliphatic carbocycles. The molecule has 242 valence electrons. The quantitative estimate of drug-likeness (QED) is 0.0855. The Morgan fingerprint density at radius 1 is 0.452 bits per heavy atom. The van der Waals surface area contributed by atoms with Crippen LogP contribution in [0, 0.1) is 0 Å². The SMILES string of the molecule is CCCCCCCCCCCCOS(=O)(=O)OC(=O)CCC(=O)OS(=O)(=O)OCCCCCCCCCCCC.[H-].[H-].[Na+].[Na+]. The summed E-state index contributed by atoms with van der Waals surface area (Å²) < 4.78 is 64.9. The first kappa shape index (κ1) is 47.2. The van der Waals surface area contributed by atoms with Crippen molar-refractivity contribution in [2.75, 3.05) is 13.2 Å². The first-order valence-electron chi connectivity index (χ1n) is 15.3. The number of rotatable bonds is 29. The molecule has 10 nitrogen and oxygen atoms in total. The third-order valence-electron chi connectivity index (χ3n) is 6.37. The second-order valence-corrected chi connectivity index (χ2v) is 12.7. The minimum absolute atomic E-state index is 0. The van der Waals surface area contributed by atoms with Crippen LogP contribution in [-0.4, -0.2) is 42.0 Å². The molecule has 0 aromatic rings. The molecule has 0 saturated carbocycles. The Hall–Kier alpha value is 0.760. The molecule has 0 bridgehead atoms. The van der Waals surface area contributed by atoms with E-state index in [9.17, 15) is 26.4 Å². The van der Waals surface area contributed by atoms with Gasteiger partial charge in [-0.2, -0.15) is 16.8 Å². The Morgan fingerprint density at radius 3 is 0.952 bits per heavy atom. The third-order valence-corrected chi connectivity index (χ3v) is 8.07. The minimum atomic E-state index is -4.55. The predicted octanol–water partition coefficient (Wildman–Crippen LogP) is 1.45. The van der Waals surface area contributed by atoms with Crippen LogP contribution in [0.15, 0.2) is 0 Å². The summed E-state index contributed by atoms with van der Waals surface area (Å²) in [7, 11) is -9.10. The van der Waals surface area contributed by atoms with E-state index in [4.69, 9.17) is 0 Å². The zero-order chi connectivity index (χ0) is 30.0. The molecule has 0 rings (SSSR count). The van der Waals surface area contributed by atoms with Crippen LogP contribution in [0.2, 0.25) is 0 Å². The van der Waals surface area contributed by atoms with Crippen molar-refractivity contribution in [2.24, 2.45) is 0 Å². The van der Waals surface area contributed by atoms with E-state index in [1.807, 2.05) is 0 Å². The van der Waals surface area contributed by atoms with Gasteiger partial charge in [-0.1, -0.05) is 129 Å². The van der Waals surface area contributed by atoms with E-state index in [0.717, 1.165) is 51.4 Å². The fourth-order valence-electron chi connectivity index (χ4n) is 4.06. The van der Waals surface area contributed by atoms with E-state index >= 15 is 0 Å². The van der Waals surface area contributed by atoms with E-state index in [1.165, 1.54) is 64.2 Å². The van der Waals surface area contributed by atoms with E-state index in [-0.39, 0.29) is 75.2 Å². The van der Waals surface area contributed by atoms with Crippen molar-refractivity contribution in [3.05, 3.63) is 0 Å². The van der Waals surface area contributed by atoms with Gasteiger partial charge in [0.15, 0.2) is 0 Å². The molecule has 0 atom stereocenters. The van der Waals surface area contributed by atoms with Gasteiger partial charge in [0, 0.05) is 0 Å². The number of hydrogen-bond acceptors (Lipinski definition) is 10. The van der Waals surface area contributed by atoms with Gasteiger partial charge in [-0.3, -0.25) is 9.59 Å². The van der Waals surface area contributed by atoms with Gasteiger partial charge < -0.3 is 11.2 Å². The standard InChI is InChI=1S/C28H54O10S2.2Na.2H/c1-3-5-7-9-11-13-15-17-19-21-25-35-39(31,32)37-27(29)23-24-28(30)38-40(33,34)36-26-22-20-18-16-14-12-10-8-6-4-2;;;;/h3-26H2,1-2H3;;;;/q;2*+1;2*-1. The molecule has 14 heteroatoms. The second kappa shape index (κ2) is 31.7. The van der Waals surface area contributed by atoms with Gasteiger partial charge in [0.05, 0.1) is 26.1 Å². The summed E-state index contributed by atoms with van der Waals surface area (Å²) in [5, 5.41) is 0. The van der Waals surface area contributed by atoms with Gasteiger partial charge in [0.2, 0.25) is 0 Å². The molecule has 0 heterocycles. The van der Waals surface area contributed by atoms with Crippen molar-refractivity contribution in [1.29, 1.82) is 0 Å². The van der Waals surface area contributed by atoms with E-state index in [2.05, 4.69) is 30.6 Å². The van der Waals surface area contributed by atoms with Crippen molar-refractivity contribution in [1.82, 2.24) is 0 Å². The molecule has 0 aliphatic heterocycles. The summed E-state index contributed by atoms with van der Waals surface area (Å²) in [5.74, 6) is -2.49. The van der Waals surface area contributed by atoms with E-state index in [1.54, 1.807) is 0 Å². The molecule has 0 aromatic carbocycles. The average Bonchev–Trinajstić information content (AvgIpc) is 2.88. The molecule has 0 unspecified atom stereocenters. The zero-order valence-corrected chi connectivity index (χ0v) is 32.5. The maximum absolute atomic E-state index is 11.8. The molecule has 42 heavy (non-hydrogen) atoms. The van der Waals surface area contributed by atoms with Gasteiger partial charge in [-0.05, 0) is 12.8 Å². The molecule has 0 N–H and O–H groups in total. The molecular formula is C28H56Na2O10S2. The van der Waals surface area contributed by atoms with Crippen LogP contribution in [0.5, 0.6) is 0 Å². The van der Waals surface area contributed by atoms with Crippen LogP contribution < -0.4 is 59.1 Å². The minimum Gasteiger partial charge on any atom is -1.00 e. The van der Waals surface area contributed by atoms with Crippen molar-refractivity contribution in [3.8, 4) is 0 Å². The molecule has 0 aliphatic rings. The summed E-state index contributed by atoms with van der Waals surface area (Å²) in [6, 6.07) is 0. The maximum atomic E-state index is 11.8. The van der Waals surface area contributed by atoms with Gasteiger partial charge in [0.1, 0.15) is 0 Å². The largest absolute Gasteiger partial charge is 1.00 e. The topological polar surface area (TPSA) is 139 Å². The Kier molecular flexibility index (Phi) is 35.6. The van der Waals surface area contributed by atoms with Crippen molar-refractivity contribution in [3.63, 3.8) is 0 Å². The average molecular weight is 663 g/mol. The fraction of sp³-hybridized carbons (Fsp3) is 0.929. The summed E-state index contributed by atoms with van der Waals surface area (Å²) in [6.07, 6.45) is 20.2. The van der Waals surface area contributed by atoms with Crippen molar-refractivity contribution < 1.29 is 105 Å². The smallest absolute Gasteiger partial charge is 1.00 e. The number of hydrogen-bond donors (Lipinski definition) is 0. The summed E-state index contributed by atoms with van der Waals surface area (Å²) in [5.41, 5.74) is 0. The van der Waals surface area contributed by atoms with Crippen LogP contribution in [0.4, 0.5) is 0 Å². The Balaban J connectivity index is -0.00000127. The van der Waals surface area contributed by atoms with Crippen LogP contribution in [0.3, 0.4) is 0 Å². The van der Waals surface area contributed by atoms with Crippen molar-refractivity contribution >= 4 is 32.7 Å². The number of unbranched alkanes of at least 4 members (excludes halogenated alkanes) is 18. The van der Waals surface area contributed by atoms with E-state index < -0.39 is 45.6 Å². The van der Waals surface area contributed by atoms with Gasteiger partial charge in [-0.25, -0.2) is 8.37 Å². The second-order valence-electron chi connectivity index (χ2n) is 10.2. The Labute approximate surface area is 303 Å². The summed E-state index contributed by atoms with van der Waals surface area (Å²) in [4.78, 5) is 23.5. The van der Waals surface area contributed by atoms with Gasteiger partial charge in [0.25, 0.3) is 0 Å². The number of carbonyl (C=O) groups excluding carboxylic acids is 2. The van der Waals surface area contributed by atoms with Crippen LogP contribution >= 0.6 is 0 Å². The molecular weight excluding hydrogens is 606 g/mol. The molecule has 0 spiro atoms. The van der Waals surface area contributed by atoms with Crippen LogP contribution in [0.1, 0.15) is 158 Å². The first-order chi connectivity index (χ1) is 19.1.